The zero-order chi connectivity index (χ0) is 14.0. The van der Waals surface area contributed by atoms with Crippen LogP contribution in [0.15, 0.2) is 18.2 Å². The van der Waals surface area contributed by atoms with Crippen molar-refractivity contribution in [2.24, 2.45) is 0 Å². The molecule has 1 amide bonds. The molecule has 0 aliphatic carbocycles. The number of carbonyl (C=O) groups excluding carboxylic acids is 1. The Morgan fingerprint density at radius 3 is 2.84 bits per heavy atom. The van der Waals surface area contributed by atoms with Gasteiger partial charge in [-0.2, -0.15) is 4.39 Å². The SMILES string of the molecule is CNC1CCCN(c2ccc([N+](=O)[O-])c(F)c2)C1=O. The van der Waals surface area contributed by atoms with Crippen molar-refractivity contribution in [2.45, 2.75) is 18.9 Å². The normalized spacial score (nSPS) is 19.6. The summed E-state index contributed by atoms with van der Waals surface area (Å²) in [5, 5.41) is 13.5. The number of benzene rings is 1. The van der Waals surface area contributed by atoms with E-state index in [0.717, 1.165) is 25.0 Å². The molecule has 0 spiro atoms. The lowest BCUT2D eigenvalue weighted by atomic mass is 10.0. The fourth-order valence-electron chi connectivity index (χ4n) is 2.21. The first-order chi connectivity index (χ1) is 9.04. The second-order valence-corrected chi connectivity index (χ2v) is 4.37. The van der Waals surface area contributed by atoms with Gasteiger partial charge in [-0.3, -0.25) is 14.9 Å². The molecular formula is C12H14FN3O3. The minimum Gasteiger partial charge on any atom is -0.311 e. The largest absolute Gasteiger partial charge is 0.311 e. The first kappa shape index (κ1) is 13.4. The average Bonchev–Trinajstić information content (AvgIpc) is 2.38. The summed E-state index contributed by atoms with van der Waals surface area (Å²) in [6.07, 6.45) is 1.54. The molecule has 1 aliphatic heterocycles. The Hall–Kier alpha value is -2.02. The molecule has 0 aromatic heterocycles. The average molecular weight is 267 g/mol. The summed E-state index contributed by atoms with van der Waals surface area (Å²) in [5.74, 6) is -1.07. The van der Waals surface area contributed by atoms with Gasteiger partial charge in [0.2, 0.25) is 11.7 Å². The number of likely N-dealkylation sites (N-methyl/N-ethyl adjacent to an activating group) is 1. The van der Waals surface area contributed by atoms with Crippen molar-refractivity contribution in [2.75, 3.05) is 18.5 Å². The number of nitrogens with one attached hydrogen (secondary N) is 1. The van der Waals surface area contributed by atoms with E-state index < -0.39 is 16.4 Å². The molecular weight excluding hydrogens is 253 g/mol. The van der Waals surface area contributed by atoms with Gasteiger partial charge in [-0.15, -0.1) is 0 Å². The highest BCUT2D eigenvalue weighted by molar-refractivity contribution is 5.98. The fraction of sp³-hybridized carbons (Fsp3) is 0.417. The highest BCUT2D eigenvalue weighted by Gasteiger charge is 2.29. The third-order valence-electron chi connectivity index (χ3n) is 3.23. The Bertz CT molecular complexity index is 521. The van der Waals surface area contributed by atoms with Crippen LogP contribution < -0.4 is 10.2 Å². The highest BCUT2D eigenvalue weighted by atomic mass is 19.1. The van der Waals surface area contributed by atoms with E-state index in [4.69, 9.17) is 0 Å². The molecule has 1 heterocycles. The number of anilines is 1. The number of carbonyl (C=O) groups is 1. The molecule has 7 heteroatoms. The maximum atomic E-state index is 13.6. The Labute approximate surface area is 109 Å². The molecule has 1 N–H and O–H groups in total. The molecule has 0 bridgehead atoms. The van der Waals surface area contributed by atoms with Crippen molar-refractivity contribution in [3.8, 4) is 0 Å². The van der Waals surface area contributed by atoms with Crippen LogP contribution in [0.3, 0.4) is 0 Å². The highest BCUT2D eigenvalue weighted by Crippen LogP contribution is 2.26. The van der Waals surface area contributed by atoms with Crippen molar-refractivity contribution >= 4 is 17.3 Å². The van der Waals surface area contributed by atoms with Crippen molar-refractivity contribution < 1.29 is 14.1 Å². The standard InChI is InChI=1S/C12H14FN3O3/c1-14-10-3-2-6-15(12(10)17)8-4-5-11(16(18)19)9(13)7-8/h4-5,7,10,14H,2-3,6H2,1H3. The number of rotatable bonds is 3. The van der Waals surface area contributed by atoms with E-state index in [1.165, 1.54) is 11.0 Å². The smallest absolute Gasteiger partial charge is 0.304 e. The predicted molar refractivity (Wildman–Crippen MR) is 67.5 cm³/mol. The van der Waals surface area contributed by atoms with Gasteiger partial charge in [0, 0.05) is 24.4 Å². The summed E-state index contributed by atoms with van der Waals surface area (Å²) >= 11 is 0. The van der Waals surface area contributed by atoms with E-state index in [0.29, 0.717) is 12.2 Å². The third kappa shape index (κ3) is 2.55. The number of nitrogens with zero attached hydrogens (tertiary/aromatic N) is 2. The maximum absolute atomic E-state index is 13.6. The minimum absolute atomic E-state index is 0.137. The molecule has 0 radical (unpaired) electrons. The van der Waals surface area contributed by atoms with E-state index >= 15 is 0 Å². The number of amides is 1. The lowest BCUT2D eigenvalue weighted by molar-refractivity contribution is -0.387. The number of nitro benzene ring substituents is 1. The molecule has 0 saturated carbocycles. The molecule has 1 aromatic rings. The topological polar surface area (TPSA) is 75.5 Å². The van der Waals surface area contributed by atoms with Crippen LogP contribution in [0.5, 0.6) is 0 Å². The fourth-order valence-corrected chi connectivity index (χ4v) is 2.21. The van der Waals surface area contributed by atoms with Gasteiger partial charge in [0.1, 0.15) is 0 Å². The Morgan fingerprint density at radius 1 is 1.53 bits per heavy atom. The van der Waals surface area contributed by atoms with Crippen molar-refractivity contribution in [1.29, 1.82) is 0 Å². The van der Waals surface area contributed by atoms with Crippen LogP contribution in [0.4, 0.5) is 15.8 Å². The van der Waals surface area contributed by atoms with E-state index in [1.807, 2.05) is 0 Å². The molecule has 1 aromatic carbocycles. The van der Waals surface area contributed by atoms with Crippen molar-refractivity contribution in [3.05, 3.63) is 34.1 Å². The summed E-state index contributed by atoms with van der Waals surface area (Å²) < 4.78 is 13.6. The molecule has 1 unspecified atom stereocenters. The predicted octanol–water partition coefficient (Wildman–Crippen LogP) is 1.45. The summed E-state index contributed by atoms with van der Waals surface area (Å²) in [6, 6.07) is 3.23. The van der Waals surface area contributed by atoms with Crippen LogP contribution >= 0.6 is 0 Å². The quantitative estimate of drug-likeness (QED) is 0.664. The lowest BCUT2D eigenvalue weighted by Gasteiger charge is -2.32. The van der Waals surface area contributed by atoms with Gasteiger partial charge in [0.05, 0.1) is 11.0 Å². The van der Waals surface area contributed by atoms with E-state index in [2.05, 4.69) is 5.32 Å². The first-order valence-electron chi connectivity index (χ1n) is 5.97. The number of halogens is 1. The summed E-state index contributed by atoms with van der Waals surface area (Å²) in [4.78, 5) is 23.3. The minimum atomic E-state index is -0.929. The molecule has 1 fully saturated rings. The Balaban J connectivity index is 2.29. The molecule has 102 valence electrons. The van der Waals surface area contributed by atoms with Gasteiger partial charge in [-0.05, 0) is 26.0 Å². The van der Waals surface area contributed by atoms with Crippen LogP contribution in [0.25, 0.3) is 0 Å². The molecule has 2 rings (SSSR count). The molecule has 1 aliphatic rings. The van der Waals surface area contributed by atoms with Gasteiger partial charge in [-0.1, -0.05) is 0 Å². The van der Waals surface area contributed by atoms with Crippen molar-refractivity contribution in [3.63, 3.8) is 0 Å². The molecule has 1 atom stereocenters. The second-order valence-electron chi connectivity index (χ2n) is 4.37. The van der Waals surface area contributed by atoms with Gasteiger partial charge >= 0.3 is 5.69 Å². The molecule has 19 heavy (non-hydrogen) atoms. The van der Waals surface area contributed by atoms with Crippen LogP contribution in [0.1, 0.15) is 12.8 Å². The lowest BCUT2D eigenvalue weighted by Crippen LogP contribution is -2.49. The Morgan fingerprint density at radius 2 is 2.26 bits per heavy atom. The van der Waals surface area contributed by atoms with Crippen molar-refractivity contribution in [1.82, 2.24) is 5.32 Å². The monoisotopic (exact) mass is 267 g/mol. The summed E-state index contributed by atoms with van der Waals surface area (Å²) in [6.45, 7) is 0.494. The third-order valence-corrected chi connectivity index (χ3v) is 3.23. The number of nitro groups is 1. The summed E-state index contributed by atoms with van der Waals surface area (Å²) in [5.41, 5.74) is -0.230. The van der Waals surface area contributed by atoms with E-state index in [9.17, 15) is 19.3 Å². The van der Waals surface area contributed by atoms with E-state index in [1.54, 1.807) is 7.05 Å². The van der Waals surface area contributed by atoms with Gasteiger partial charge in [0.25, 0.3) is 0 Å². The van der Waals surface area contributed by atoms with Crippen LogP contribution in [0, 0.1) is 15.9 Å². The molecule has 1 saturated heterocycles. The Kier molecular flexibility index (Phi) is 3.75. The zero-order valence-corrected chi connectivity index (χ0v) is 10.4. The second kappa shape index (κ2) is 5.31. The van der Waals surface area contributed by atoms with Crippen LogP contribution in [0.2, 0.25) is 0 Å². The maximum Gasteiger partial charge on any atom is 0.304 e. The van der Waals surface area contributed by atoms with E-state index in [-0.39, 0.29) is 11.9 Å². The van der Waals surface area contributed by atoms with Crippen LogP contribution in [-0.4, -0.2) is 30.5 Å². The summed E-state index contributed by atoms with van der Waals surface area (Å²) in [7, 11) is 1.70. The first-order valence-corrected chi connectivity index (χ1v) is 5.97. The zero-order valence-electron chi connectivity index (χ0n) is 10.4. The van der Waals surface area contributed by atoms with Gasteiger partial charge in [-0.25, -0.2) is 0 Å². The number of hydrogen-bond donors (Lipinski definition) is 1. The van der Waals surface area contributed by atoms with Gasteiger partial charge < -0.3 is 10.2 Å². The molecule has 6 nitrogen and oxygen atoms in total. The number of piperidine rings is 1. The number of hydrogen-bond acceptors (Lipinski definition) is 4. The van der Waals surface area contributed by atoms with Crippen LogP contribution in [-0.2, 0) is 4.79 Å². The van der Waals surface area contributed by atoms with Gasteiger partial charge in [0.15, 0.2) is 0 Å².